The molecule has 0 amide bonds. The second-order valence-electron chi connectivity index (χ2n) is 9.60. The Kier molecular flexibility index (Phi) is 6.41. The van der Waals surface area contributed by atoms with E-state index in [2.05, 4.69) is 46.1 Å². The van der Waals surface area contributed by atoms with Crippen molar-refractivity contribution in [3.8, 4) is 0 Å². The van der Waals surface area contributed by atoms with Gasteiger partial charge in [0.15, 0.2) is 8.32 Å². The van der Waals surface area contributed by atoms with Crippen molar-refractivity contribution in [2.75, 3.05) is 6.54 Å². The molecule has 1 spiro atoms. The summed E-state index contributed by atoms with van der Waals surface area (Å²) in [5, 5.41) is 4.30. The number of piperidine rings is 1. The van der Waals surface area contributed by atoms with Gasteiger partial charge in [0.25, 0.3) is 0 Å². The molecule has 1 aliphatic carbocycles. The molecule has 0 aromatic carbocycles. The van der Waals surface area contributed by atoms with Crippen molar-refractivity contribution < 1.29 is 4.43 Å². The van der Waals surface area contributed by atoms with Crippen LogP contribution in [-0.4, -0.2) is 26.5 Å². The lowest BCUT2D eigenvalue weighted by molar-refractivity contribution is -0.00943. The van der Waals surface area contributed by atoms with Crippen LogP contribution in [0, 0.1) is 5.92 Å². The molecular formula is C20H41NOSi. The van der Waals surface area contributed by atoms with Crippen molar-refractivity contribution in [3.63, 3.8) is 0 Å². The molecule has 1 aliphatic heterocycles. The molecule has 0 aromatic rings. The summed E-state index contributed by atoms with van der Waals surface area (Å²) in [5.74, 6) is 0.727. The van der Waals surface area contributed by atoms with E-state index in [1.807, 2.05) is 0 Å². The Bertz CT molecular complexity index is 363. The van der Waals surface area contributed by atoms with Crippen LogP contribution >= 0.6 is 0 Å². The van der Waals surface area contributed by atoms with Gasteiger partial charge in [-0.05, 0) is 63.2 Å². The molecule has 23 heavy (non-hydrogen) atoms. The van der Waals surface area contributed by atoms with Gasteiger partial charge < -0.3 is 9.74 Å². The highest BCUT2D eigenvalue weighted by atomic mass is 28.4. The van der Waals surface area contributed by atoms with Crippen molar-refractivity contribution in [2.24, 2.45) is 5.92 Å². The molecule has 1 saturated carbocycles. The fraction of sp³-hybridized carbons (Fsp3) is 1.00. The quantitative estimate of drug-likeness (QED) is 0.632. The summed E-state index contributed by atoms with van der Waals surface area (Å²) in [4.78, 5) is 0. The van der Waals surface area contributed by atoms with Gasteiger partial charge in [-0.3, -0.25) is 0 Å². The van der Waals surface area contributed by atoms with Crippen molar-refractivity contribution in [1.82, 2.24) is 5.32 Å². The maximum Gasteiger partial charge on any atom is 0.192 e. The number of hydrogen-bond acceptors (Lipinski definition) is 2. The fourth-order valence-electron chi connectivity index (χ4n) is 4.46. The number of nitrogens with one attached hydrogen (secondary N) is 1. The summed E-state index contributed by atoms with van der Waals surface area (Å²) < 4.78 is 6.98. The zero-order valence-corrected chi connectivity index (χ0v) is 17.6. The largest absolute Gasteiger partial charge is 0.414 e. The third-order valence-corrected chi connectivity index (χ3v) is 11.4. The molecule has 3 atom stereocenters. The minimum Gasteiger partial charge on any atom is -0.414 e. The van der Waals surface area contributed by atoms with Gasteiger partial charge in [0.2, 0.25) is 0 Å². The standard InChI is InChI=1S/C20H41NOSi/c1-7-8-12-17-18(22-23(5,6)19(2,3)4)13-11-15-20(17)14-9-10-16-21-20/h17-18,21H,7-16H2,1-6H3. The Labute approximate surface area is 146 Å². The zero-order chi connectivity index (χ0) is 17.1. The SMILES string of the molecule is CCCCC1C(O[Si](C)(C)C(C)(C)C)CCCC12CCCCN2. The van der Waals surface area contributed by atoms with Gasteiger partial charge in [-0.25, -0.2) is 0 Å². The molecule has 1 N–H and O–H groups in total. The van der Waals surface area contributed by atoms with Crippen LogP contribution in [0.25, 0.3) is 0 Å². The van der Waals surface area contributed by atoms with Gasteiger partial charge in [0.05, 0.1) is 0 Å². The third-order valence-electron chi connectivity index (χ3n) is 6.92. The van der Waals surface area contributed by atoms with E-state index in [1.165, 1.54) is 64.3 Å². The van der Waals surface area contributed by atoms with Crippen molar-refractivity contribution in [1.29, 1.82) is 0 Å². The van der Waals surface area contributed by atoms with Crippen LogP contribution in [0.2, 0.25) is 18.1 Å². The molecule has 2 fully saturated rings. The predicted molar refractivity (Wildman–Crippen MR) is 104 cm³/mol. The maximum atomic E-state index is 6.98. The Hall–Kier alpha value is 0.137. The summed E-state index contributed by atoms with van der Waals surface area (Å²) in [7, 11) is -1.68. The molecule has 136 valence electrons. The van der Waals surface area contributed by atoms with E-state index >= 15 is 0 Å². The van der Waals surface area contributed by atoms with Crippen molar-refractivity contribution in [2.45, 2.75) is 115 Å². The minimum absolute atomic E-state index is 0.312. The molecule has 1 heterocycles. The fourth-order valence-corrected chi connectivity index (χ4v) is 5.86. The summed E-state index contributed by atoms with van der Waals surface area (Å²) in [6.45, 7) is 15.5. The van der Waals surface area contributed by atoms with Crippen LogP contribution in [0.1, 0.15) is 85.5 Å². The average Bonchev–Trinajstić information content (AvgIpc) is 2.46. The number of hydrogen-bond donors (Lipinski definition) is 1. The van der Waals surface area contributed by atoms with Crippen LogP contribution in [0.5, 0.6) is 0 Å². The second kappa shape index (κ2) is 7.57. The number of unbranched alkanes of at least 4 members (excludes halogenated alkanes) is 1. The van der Waals surface area contributed by atoms with Gasteiger partial charge in [0, 0.05) is 17.6 Å². The highest BCUT2D eigenvalue weighted by Crippen LogP contribution is 2.46. The van der Waals surface area contributed by atoms with Gasteiger partial charge >= 0.3 is 0 Å². The van der Waals surface area contributed by atoms with E-state index in [9.17, 15) is 0 Å². The lowest BCUT2D eigenvalue weighted by Crippen LogP contribution is -2.61. The van der Waals surface area contributed by atoms with E-state index in [4.69, 9.17) is 4.43 Å². The highest BCUT2D eigenvalue weighted by Gasteiger charge is 2.49. The van der Waals surface area contributed by atoms with E-state index in [0.717, 1.165) is 5.92 Å². The normalized spacial score (nSPS) is 33.1. The summed E-state index contributed by atoms with van der Waals surface area (Å²) in [5.41, 5.74) is 0.388. The van der Waals surface area contributed by atoms with Gasteiger partial charge in [-0.15, -0.1) is 0 Å². The van der Waals surface area contributed by atoms with Crippen LogP contribution in [0.4, 0.5) is 0 Å². The monoisotopic (exact) mass is 339 g/mol. The van der Waals surface area contributed by atoms with Gasteiger partial charge in [-0.2, -0.15) is 0 Å². The first-order valence-corrected chi connectivity index (χ1v) is 13.1. The van der Waals surface area contributed by atoms with Crippen molar-refractivity contribution in [3.05, 3.63) is 0 Å². The van der Waals surface area contributed by atoms with Crippen LogP contribution < -0.4 is 5.32 Å². The molecule has 0 bridgehead atoms. The van der Waals surface area contributed by atoms with Crippen LogP contribution in [0.3, 0.4) is 0 Å². The molecule has 2 aliphatic rings. The first-order chi connectivity index (χ1) is 10.7. The van der Waals surface area contributed by atoms with Crippen LogP contribution in [0.15, 0.2) is 0 Å². The highest BCUT2D eigenvalue weighted by molar-refractivity contribution is 6.74. The summed E-state index contributed by atoms with van der Waals surface area (Å²) >= 11 is 0. The predicted octanol–water partition coefficient (Wildman–Crippen LogP) is 5.88. The lowest BCUT2D eigenvalue weighted by atomic mass is 9.65. The molecule has 2 rings (SSSR count). The van der Waals surface area contributed by atoms with E-state index < -0.39 is 8.32 Å². The first kappa shape index (κ1) is 19.5. The van der Waals surface area contributed by atoms with Gasteiger partial charge in [-0.1, -0.05) is 47.0 Å². The van der Waals surface area contributed by atoms with Crippen molar-refractivity contribution >= 4 is 8.32 Å². The molecule has 3 heteroatoms. The van der Waals surface area contributed by atoms with Gasteiger partial charge in [0.1, 0.15) is 0 Å². The first-order valence-electron chi connectivity index (χ1n) is 10.1. The minimum atomic E-state index is -1.68. The summed E-state index contributed by atoms with van der Waals surface area (Å²) in [6, 6.07) is 0. The number of rotatable bonds is 5. The second-order valence-corrected chi connectivity index (χ2v) is 14.4. The van der Waals surface area contributed by atoms with E-state index in [0.29, 0.717) is 16.7 Å². The van der Waals surface area contributed by atoms with Crippen LogP contribution in [-0.2, 0) is 4.43 Å². The molecule has 1 saturated heterocycles. The Balaban J connectivity index is 2.18. The zero-order valence-electron chi connectivity index (χ0n) is 16.6. The molecule has 0 aromatic heterocycles. The molecular weight excluding hydrogens is 298 g/mol. The summed E-state index contributed by atoms with van der Waals surface area (Å²) in [6.07, 6.45) is 12.6. The Morgan fingerprint density at radius 3 is 2.39 bits per heavy atom. The molecule has 2 nitrogen and oxygen atoms in total. The van der Waals surface area contributed by atoms with E-state index in [-0.39, 0.29) is 0 Å². The average molecular weight is 340 g/mol. The topological polar surface area (TPSA) is 21.3 Å². The lowest BCUT2D eigenvalue weighted by Gasteiger charge is -2.53. The third kappa shape index (κ3) is 4.41. The van der Waals surface area contributed by atoms with E-state index in [1.54, 1.807) is 0 Å². The smallest absolute Gasteiger partial charge is 0.192 e. The molecule has 3 unspecified atom stereocenters. The maximum absolute atomic E-state index is 6.98. The molecule has 0 radical (unpaired) electrons. The Morgan fingerprint density at radius 2 is 1.83 bits per heavy atom. The Morgan fingerprint density at radius 1 is 1.13 bits per heavy atom.